The minimum Gasteiger partial charge on any atom is -0.458 e. The molecule has 0 spiro atoms. The minimum absolute atomic E-state index is 0.115. The molecule has 4 amide bonds. The fraction of sp³-hybridized carbons (Fsp3) is 0.541. The number of esters is 1. The Bertz CT molecular complexity index is 1410. The van der Waals surface area contributed by atoms with Crippen LogP contribution in [-0.4, -0.2) is 64.0 Å². The zero-order valence-corrected chi connectivity index (χ0v) is 30.1. The van der Waals surface area contributed by atoms with E-state index in [1.54, 1.807) is 48.5 Å². The highest BCUT2D eigenvalue weighted by molar-refractivity contribution is 5.94. The van der Waals surface area contributed by atoms with Crippen molar-refractivity contribution in [2.24, 2.45) is 5.73 Å². The molecule has 0 heterocycles. The van der Waals surface area contributed by atoms with Crippen LogP contribution in [0.25, 0.3) is 0 Å². The van der Waals surface area contributed by atoms with Crippen LogP contribution in [0.5, 0.6) is 0 Å². The van der Waals surface area contributed by atoms with Crippen molar-refractivity contribution in [1.82, 2.24) is 15.5 Å². The van der Waals surface area contributed by atoms with Gasteiger partial charge < -0.3 is 30.7 Å². The molecule has 0 radical (unpaired) electrons. The molecule has 2 rings (SSSR count). The Hall–Kier alpha value is -4.41. The zero-order valence-electron chi connectivity index (χ0n) is 30.1. The Morgan fingerprint density at radius 3 is 1.90 bits per heavy atom. The van der Waals surface area contributed by atoms with E-state index in [-0.39, 0.29) is 19.3 Å². The number of nitrogens with zero attached hydrogens (tertiary/aromatic N) is 1. The lowest BCUT2D eigenvalue weighted by Gasteiger charge is -2.39. The van der Waals surface area contributed by atoms with Gasteiger partial charge in [-0.3, -0.25) is 14.4 Å². The van der Waals surface area contributed by atoms with E-state index in [1.165, 1.54) is 4.90 Å². The van der Waals surface area contributed by atoms with Gasteiger partial charge in [-0.05, 0) is 86.3 Å². The highest BCUT2D eigenvalue weighted by Crippen LogP contribution is 2.29. The fourth-order valence-corrected chi connectivity index (χ4v) is 5.24. The van der Waals surface area contributed by atoms with E-state index in [4.69, 9.17) is 15.2 Å². The van der Waals surface area contributed by atoms with Gasteiger partial charge in [0.1, 0.15) is 29.3 Å². The van der Waals surface area contributed by atoms with Crippen LogP contribution in [0.3, 0.4) is 0 Å². The lowest BCUT2D eigenvalue weighted by molar-refractivity contribution is -0.159. The molecule has 0 bridgehead atoms. The molecule has 2 aromatic rings. The third kappa shape index (κ3) is 13.0. The van der Waals surface area contributed by atoms with Crippen LogP contribution in [-0.2, 0) is 35.1 Å². The SMILES string of the molecule is CCC(C)N(C(=O)C(CCC(N)=O)NC(=O)OC(C)(C)C)C(C(=O)NC(Cc1ccccc1)C(=O)OC(C)(C)C)c1cc(C)cc(C)c1. The van der Waals surface area contributed by atoms with Crippen molar-refractivity contribution in [1.29, 1.82) is 0 Å². The van der Waals surface area contributed by atoms with Crippen molar-refractivity contribution in [3.63, 3.8) is 0 Å². The number of hydrogen-bond acceptors (Lipinski definition) is 7. The van der Waals surface area contributed by atoms with Gasteiger partial charge in [-0.25, -0.2) is 9.59 Å². The molecule has 0 saturated carbocycles. The predicted octanol–water partition coefficient (Wildman–Crippen LogP) is 5.20. The highest BCUT2D eigenvalue weighted by atomic mass is 16.6. The van der Waals surface area contributed by atoms with Gasteiger partial charge in [0, 0.05) is 18.9 Å². The number of alkyl carbamates (subject to hydrolysis) is 1. The minimum atomic E-state index is -1.24. The van der Waals surface area contributed by atoms with Gasteiger partial charge in [0.05, 0.1) is 0 Å². The summed E-state index contributed by atoms with van der Waals surface area (Å²) in [6, 6.07) is 10.8. The second kappa shape index (κ2) is 17.1. The maximum absolute atomic E-state index is 14.6. The van der Waals surface area contributed by atoms with Crippen molar-refractivity contribution in [3.8, 4) is 0 Å². The van der Waals surface area contributed by atoms with Gasteiger partial charge in [-0.1, -0.05) is 66.6 Å². The number of ether oxygens (including phenoxy) is 2. The summed E-state index contributed by atoms with van der Waals surface area (Å²) in [4.78, 5) is 68.8. The number of benzene rings is 2. The van der Waals surface area contributed by atoms with Crippen molar-refractivity contribution < 1.29 is 33.4 Å². The molecular formula is C37H54N4O7. The van der Waals surface area contributed by atoms with E-state index in [1.807, 2.05) is 69.3 Å². The van der Waals surface area contributed by atoms with E-state index < -0.39 is 65.2 Å². The summed E-state index contributed by atoms with van der Waals surface area (Å²) >= 11 is 0. The third-order valence-electron chi connectivity index (χ3n) is 7.37. The Balaban J connectivity index is 2.70. The molecule has 4 unspecified atom stereocenters. The lowest BCUT2D eigenvalue weighted by atomic mass is 9.95. The van der Waals surface area contributed by atoms with Crippen molar-refractivity contribution in [2.75, 3.05) is 0 Å². The molecule has 2 aromatic carbocycles. The summed E-state index contributed by atoms with van der Waals surface area (Å²) < 4.78 is 11.1. The van der Waals surface area contributed by atoms with E-state index >= 15 is 0 Å². The molecular weight excluding hydrogens is 612 g/mol. The number of aryl methyl sites for hydroxylation is 2. The van der Waals surface area contributed by atoms with Crippen LogP contribution >= 0.6 is 0 Å². The van der Waals surface area contributed by atoms with Crippen LogP contribution in [0.2, 0.25) is 0 Å². The van der Waals surface area contributed by atoms with Gasteiger partial charge in [-0.2, -0.15) is 0 Å². The number of nitrogens with one attached hydrogen (secondary N) is 2. The van der Waals surface area contributed by atoms with E-state index in [2.05, 4.69) is 10.6 Å². The van der Waals surface area contributed by atoms with E-state index in [0.717, 1.165) is 16.7 Å². The van der Waals surface area contributed by atoms with Gasteiger partial charge in [0.15, 0.2) is 0 Å². The number of hydrogen-bond donors (Lipinski definition) is 3. The van der Waals surface area contributed by atoms with Crippen molar-refractivity contribution in [3.05, 3.63) is 70.8 Å². The molecule has 0 aromatic heterocycles. The molecule has 0 aliphatic heterocycles. The predicted molar refractivity (Wildman–Crippen MR) is 185 cm³/mol. The molecule has 48 heavy (non-hydrogen) atoms. The van der Waals surface area contributed by atoms with Crippen molar-refractivity contribution in [2.45, 2.75) is 130 Å². The smallest absolute Gasteiger partial charge is 0.408 e. The normalized spacial score (nSPS) is 14.1. The molecule has 4 N–H and O–H groups in total. The summed E-state index contributed by atoms with van der Waals surface area (Å²) in [5.41, 5.74) is 6.83. The first-order valence-corrected chi connectivity index (χ1v) is 16.5. The number of amides is 4. The molecule has 0 saturated heterocycles. The number of primary amides is 1. The van der Waals surface area contributed by atoms with Crippen LogP contribution in [0, 0.1) is 13.8 Å². The number of rotatable bonds is 14. The maximum atomic E-state index is 14.6. The second-order valence-corrected chi connectivity index (χ2v) is 14.3. The Morgan fingerprint density at radius 1 is 0.833 bits per heavy atom. The average Bonchev–Trinajstić information content (AvgIpc) is 2.94. The Morgan fingerprint density at radius 2 is 1.40 bits per heavy atom. The zero-order chi connectivity index (χ0) is 36.4. The molecule has 11 heteroatoms. The van der Waals surface area contributed by atoms with E-state index in [9.17, 15) is 24.0 Å². The largest absolute Gasteiger partial charge is 0.458 e. The molecule has 0 fully saturated rings. The monoisotopic (exact) mass is 666 g/mol. The number of carbonyl (C=O) groups is 5. The number of carbonyl (C=O) groups excluding carboxylic acids is 5. The first-order chi connectivity index (χ1) is 22.2. The summed E-state index contributed by atoms with van der Waals surface area (Å²) in [5, 5.41) is 5.51. The second-order valence-electron chi connectivity index (χ2n) is 14.3. The average molecular weight is 667 g/mol. The molecule has 264 valence electrons. The standard InChI is InChI=1S/C37H54N4O7/c1-11-25(4)41(33(44)28(17-18-30(38)42)40-35(46)48-37(8,9)10)31(27-20-23(2)19-24(3)21-27)32(43)39-29(34(45)47-36(5,6)7)22-26-15-13-12-14-16-26/h12-16,19-21,25,28-29,31H,11,17-18,22H2,1-10H3,(H2,38,42)(H,39,43)(H,40,46). The first kappa shape index (κ1) is 39.8. The van der Waals surface area contributed by atoms with Crippen LogP contribution in [0.15, 0.2) is 48.5 Å². The van der Waals surface area contributed by atoms with Gasteiger partial charge in [0.25, 0.3) is 0 Å². The molecule has 0 aliphatic rings. The molecule has 0 aliphatic carbocycles. The maximum Gasteiger partial charge on any atom is 0.408 e. The Labute approximate surface area is 285 Å². The van der Waals surface area contributed by atoms with Gasteiger partial charge in [0.2, 0.25) is 17.7 Å². The van der Waals surface area contributed by atoms with E-state index in [0.29, 0.717) is 12.0 Å². The third-order valence-corrected chi connectivity index (χ3v) is 7.37. The quantitative estimate of drug-likeness (QED) is 0.234. The summed E-state index contributed by atoms with van der Waals surface area (Å²) in [7, 11) is 0. The van der Waals surface area contributed by atoms with Crippen LogP contribution in [0.1, 0.15) is 103 Å². The van der Waals surface area contributed by atoms with Gasteiger partial charge in [-0.15, -0.1) is 0 Å². The number of nitrogens with two attached hydrogens (primary N) is 1. The van der Waals surface area contributed by atoms with Crippen LogP contribution < -0.4 is 16.4 Å². The molecule has 11 nitrogen and oxygen atoms in total. The van der Waals surface area contributed by atoms with Crippen LogP contribution in [0.4, 0.5) is 4.79 Å². The highest BCUT2D eigenvalue weighted by Gasteiger charge is 2.40. The summed E-state index contributed by atoms with van der Waals surface area (Å²) in [6.07, 6.45) is -0.557. The van der Waals surface area contributed by atoms with Gasteiger partial charge >= 0.3 is 12.1 Å². The summed E-state index contributed by atoms with van der Waals surface area (Å²) in [5.74, 6) is -2.48. The first-order valence-electron chi connectivity index (χ1n) is 16.5. The fourth-order valence-electron chi connectivity index (χ4n) is 5.24. The summed E-state index contributed by atoms with van der Waals surface area (Å²) in [6.45, 7) is 17.8. The van der Waals surface area contributed by atoms with Crippen molar-refractivity contribution >= 4 is 29.8 Å². The topological polar surface area (TPSA) is 157 Å². The Kier molecular flexibility index (Phi) is 14.2. The lowest BCUT2D eigenvalue weighted by Crippen LogP contribution is -2.57. The molecule has 4 atom stereocenters.